The number of anilines is 1. The Bertz CT molecular complexity index is 1510. The fourth-order valence-corrected chi connectivity index (χ4v) is 3.73. The van der Waals surface area contributed by atoms with Gasteiger partial charge < -0.3 is 10.1 Å². The van der Waals surface area contributed by atoms with Crippen LogP contribution in [0.4, 0.5) is 5.69 Å². The maximum Gasteiger partial charge on any atom is 0.265 e. The number of nitrogens with zero attached hydrogens (tertiary/aromatic N) is 3. The molecule has 170 valence electrons. The predicted molar refractivity (Wildman–Crippen MR) is 132 cm³/mol. The van der Waals surface area contributed by atoms with Gasteiger partial charge in [-0.15, -0.1) is 0 Å². The standard InChI is InChI=1S/C27H24N4O3/c1-17-11-12-20(30-25(32)18-7-5-8-19(13-18)27(2,3)15-28)14-22(17)31-16-29-24-21(26(31)33)9-6-10-23(24)34-4/h5-14,16H,1-4H3,(H,30,32). The van der Waals surface area contributed by atoms with Crippen LogP contribution in [-0.2, 0) is 5.41 Å². The van der Waals surface area contributed by atoms with E-state index in [-0.39, 0.29) is 11.5 Å². The SMILES string of the molecule is COc1cccc2c(=O)n(-c3cc(NC(=O)c4cccc(C(C)(C)C#N)c4)ccc3C)cnc12. The first-order valence-corrected chi connectivity index (χ1v) is 10.7. The Morgan fingerprint density at radius 2 is 1.88 bits per heavy atom. The van der Waals surface area contributed by atoms with Crippen molar-refractivity contribution in [1.82, 2.24) is 9.55 Å². The smallest absolute Gasteiger partial charge is 0.265 e. The summed E-state index contributed by atoms with van der Waals surface area (Å²) in [7, 11) is 1.54. The Morgan fingerprint density at radius 3 is 2.62 bits per heavy atom. The Hall–Kier alpha value is -4.44. The maximum atomic E-state index is 13.2. The van der Waals surface area contributed by atoms with Crippen LogP contribution in [0.15, 0.2) is 71.8 Å². The molecule has 4 aromatic rings. The summed E-state index contributed by atoms with van der Waals surface area (Å²) in [4.78, 5) is 30.6. The molecule has 34 heavy (non-hydrogen) atoms. The minimum Gasteiger partial charge on any atom is -0.494 e. The second-order valence-corrected chi connectivity index (χ2v) is 8.55. The first kappa shape index (κ1) is 22.7. The number of hydrogen-bond donors (Lipinski definition) is 1. The molecule has 4 rings (SSSR count). The fraction of sp³-hybridized carbons (Fsp3) is 0.185. The van der Waals surface area contributed by atoms with Crippen LogP contribution in [0.2, 0.25) is 0 Å². The van der Waals surface area contributed by atoms with Crippen molar-refractivity contribution in [3.63, 3.8) is 0 Å². The molecule has 0 aliphatic heterocycles. The van der Waals surface area contributed by atoms with Crippen LogP contribution in [0.3, 0.4) is 0 Å². The highest BCUT2D eigenvalue weighted by molar-refractivity contribution is 6.04. The topological polar surface area (TPSA) is 97.0 Å². The largest absolute Gasteiger partial charge is 0.494 e. The Labute approximate surface area is 197 Å². The molecular formula is C27H24N4O3. The molecular weight excluding hydrogens is 428 g/mol. The van der Waals surface area contributed by atoms with Crippen LogP contribution in [-0.4, -0.2) is 22.6 Å². The second kappa shape index (κ2) is 8.83. The summed E-state index contributed by atoms with van der Waals surface area (Å²) >= 11 is 0. The van der Waals surface area contributed by atoms with E-state index in [1.165, 1.54) is 18.0 Å². The van der Waals surface area contributed by atoms with E-state index in [0.717, 1.165) is 11.1 Å². The van der Waals surface area contributed by atoms with Gasteiger partial charge in [-0.3, -0.25) is 14.2 Å². The first-order valence-electron chi connectivity index (χ1n) is 10.7. The molecule has 0 fully saturated rings. The molecule has 0 unspecified atom stereocenters. The summed E-state index contributed by atoms with van der Waals surface area (Å²) in [5.74, 6) is 0.223. The summed E-state index contributed by atoms with van der Waals surface area (Å²) in [6.07, 6.45) is 1.47. The van der Waals surface area contributed by atoms with Crippen molar-refractivity contribution in [3.05, 3.63) is 94.0 Å². The van der Waals surface area contributed by atoms with Gasteiger partial charge in [-0.25, -0.2) is 4.98 Å². The van der Waals surface area contributed by atoms with Crippen LogP contribution in [0.5, 0.6) is 5.75 Å². The molecule has 0 radical (unpaired) electrons. The van der Waals surface area contributed by atoms with Crippen molar-refractivity contribution in [1.29, 1.82) is 5.26 Å². The van der Waals surface area contributed by atoms with Gasteiger partial charge in [0.15, 0.2) is 0 Å². The molecule has 0 aliphatic carbocycles. The molecule has 0 atom stereocenters. The molecule has 0 aliphatic rings. The van der Waals surface area contributed by atoms with Crippen molar-refractivity contribution < 1.29 is 9.53 Å². The number of nitriles is 1. The highest BCUT2D eigenvalue weighted by Crippen LogP contribution is 2.25. The van der Waals surface area contributed by atoms with E-state index in [1.807, 2.05) is 19.1 Å². The molecule has 3 aromatic carbocycles. The lowest BCUT2D eigenvalue weighted by atomic mass is 9.85. The fourth-order valence-electron chi connectivity index (χ4n) is 3.73. The quantitative estimate of drug-likeness (QED) is 0.471. The minimum absolute atomic E-state index is 0.234. The molecule has 7 heteroatoms. The lowest BCUT2D eigenvalue weighted by Crippen LogP contribution is -2.20. The lowest BCUT2D eigenvalue weighted by Gasteiger charge is -2.17. The van der Waals surface area contributed by atoms with Gasteiger partial charge in [0.25, 0.3) is 11.5 Å². The van der Waals surface area contributed by atoms with Crippen LogP contribution in [0.1, 0.15) is 35.3 Å². The number of methoxy groups -OCH3 is 1. The van der Waals surface area contributed by atoms with Crippen molar-refractivity contribution >= 4 is 22.5 Å². The summed E-state index contributed by atoms with van der Waals surface area (Å²) in [6, 6.07) is 19.8. The maximum absolute atomic E-state index is 13.2. The third-order valence-electron chi connectivity index (χ3n) is 5.82. The summed E-state index contributed by atoms with van der Waals surface area (Å²) < 4.78 is 6.78. The number of carbonyl (C=O) groups is 1. The molecule has 1 N–H and O–H groups in total. The molecule has 0 spiro atoms. The van der Waals surface area contributed by atoms with Gasteiger partial charge in [0.1, 0.15) is 17.6 Å². The molecule has 1 heterocycles. The zero-order valence-corrected chi connectivity index (χ0v) is 19.4. The highest BCUT2D eigenvalue weighted by atomic mass is 16.5. The number of aryl methyl sites for hydroxylation is 1. The number of fused-ring (bicyclic) bond motifs is 1. The van der Waals surface area contributed by atoms with Crippen LogP contribution in [0.25, 0.3) is 16.6 Å². The van der Waals surface area contributed by atoms with Gasteiger partial charge >= 0.3 is 0 Å². The van der Waals surface area contributed by atoms with Crippen LogP contribution >= 0.6 is 0 Å². The van der Waals surface area contributed by atoms with E-state index >= 15 is 0 Å². The average molecular weight is 453 g/mol. The van der Waals surface area contributed by atoms with E-state index in [0.29, 0.717) is 33.6 Å². The van der Waals surface area contributed by atoms with E-state index in [2.05, 4.69) is 16.4 Å². The average Bonchev–Trinajstić information content (AvgIpc) is 2.85. The minimum atomic E-state index is -0.708. The van der Waals surface area contributed by atoms with E-state index < -0.39 is 5.41 Å². The number of hydrogen-bond acceptors (Lipinski definition) is 5. The number of para-hydroxylation sites is 1. The van der Waals surface area contributed by atoms with Gasteiger partial charge in [0.2, 0.25) is 0 Å². The molecule has 7 nitrogen and oxygen atoms in total. The van der Waals surface area contributed by atoms with Gasteiger partial charge in [-0.2, -0.15) is 5.26 Å². The van der Waals surface area contributed by atoms with Gasteiger partial charge in [0.05, 0.1) is 29.7 Å². The third kappa shape index (κ3) is 4.14. The number of rotatable bonds is 5. The Balaban J connectivity index is 1.70. The number of ether oxygens (including phenoxy) is 1. The van der Waals surface area contributed by atoms with Crippen molar-refractivity contribution in [2.24, 2.45) is 0 Å². The van der Waals surface area contributed by atoms with E-state index in [9.17, 15) is 14.9 Å². The molecule has 0 bridgehead atoms. The molecule has 0 saturated heterocycles. The molecule has 0 saturated carbocycles. The highest BCUT2D eigenvalue weighted by Gasteiger charge is 2.21. The zero-order chi connectivity index (χ0) is 24.5. The van der Waals surface area contributed by atoms with Gasteiger partial charge in [-0.05, 0) is 68.3 Å². The summed E-state index contributed by atoms with van der Waals surface area (Å²) in [6.45, 7) is 5.50. The van der Waals surface area contributed by atoms with Gasteiger partial charge in [-0.1, -0.05) is 24.3 Å². The molecule has 1 aromatic heterocycles. The third-order valence-corrected chi connectivity index (χ3v) is 5.82. The first-order chi connectivity index (χ1) is 16.2. The number of nitrogens with one attached hydrogen (secondary N) is 1. The van der Waals surface area contributed by atoms with Crippen molar-refractivity contribution in [2.45, 2.75) is 26.2 Å². The number of carbonyl (C=O) groups excluding carboxylic acids is 1. The Kier molecular flexibility index (Phi) is 5.91. The summed E-state index contributed by atoms with van der Waals surface area (Å²) in [5.41, 5.74) is 2.75. The lowest BCUT2D eigenvalue weighted by molar-refractivity contribution is 0.102. The van der Waals surface area contributed by atoms with Crippen LogP contribution < -0.4 is 15.6 Å². The Morgan fingerprint density at radius 1 is 1.12 bits per heavy atom. The van der Waals surface area contributed by atoms with Crippen molar-refractivity contribution in [2.75, 3.05) is 12.4 Å². The normalized spacial score (nSPS) is 11.1. The predicted octanol–water partition coefficient (Wildman–Crippen LogP) is 4.76. The number of aromatic nitrogens is 2. The summed E-state index contributed by atoms with van der Waals surface area (Å²) in [5, 5.41) is 12.7. The van der Waals surface area contributed by atoms with E-state index in [4.69, 9.17) is 4.74 Å². The van der Waals surface area contributed by atoms with Crippen LogP contribution in [0, 0.1) is 18.3 Å². The molecule has 1 amide bonds. The monoisotopic (exact) mass is 452 g/mol. The van der Waals surface area contributed by atoms with Crippen molar-refractivity contribution in [3.8, 4) is 17.5 Å². The van der Waals surface area contributed by atoms with Gasteiger partial charge in [0, 0.05) is 11.3 Å². The second-order valence-electron chi connectivity index (χ2n) is 8.55. The zero-order valence-electron chi connectivity index (χ0n) is 19.4. The number of benzene rings is 3. The number of amides is 1. The van der Waals surface area contributed by atoms with E-state index in [1.54, 1.807) is 62.4 Å².